The van der Waals surface area contributed by atoms with Gasteiger partial charge < -0.3 is 15.2 Å². The fourth-order valence-electron chi connectivity index (χ4n) is 2.98. The van der Waals surface area contributed by atoms with E-state index in [4.69, 9.17) is 15.2 Å². The second kappa shape index (κ2) is 8.74. The maximum Gasteiger partial charge on any atom is 0.163 e. The lowest BCUT2D eigenvalue weighted by atomic mass is 9.90. The molecule has 0 amide bonds. The van der Waals surface area contributed by atoms with Gasteiger partial charge >= 0.3 is 0 Å². The topological polar surface area (TPSA) is 44.5 Å². The second-order valence-corrected chi connectivity index (χ2v) is 6.34. The summed E-state index contributed by atoms with van der Waals surface area (Å²) >= 11 is 0. The minimum Gasteiger partial charge on any atom is -0.493 e. The molecule has 24 heavy (non-hydrogen) atoms. The summed E-state index contributed by atoms with van der Waals surface area (Å²) in [5.41, 5.74) is 9.82. The van der Waals surface area contributed by atoms with Gasteiger partial charge in [-0.25, -0.2) is 0 Å². The fraction of sp³-hybridized carbons (Fsp3) is 0.429. The van der Waals surface area contributed by atoms with Gasteiger partial charge in [0.25, 0.3) is 0 Å². The van der Waals surface area contributed by atoms with Crippen LogP contribution in [0.1, 0.15) is 49.3 Å². The monoisotopic (exact) mass is 327 g/mol. The van der Waals surface area contributed by atoms with Gasteiger partial charge in [0.05, 0.1) is 13.7 Å². The number of benzene rings is 2. The molecule has 0 bridgehead atoms. The zero-order chi connectivity index (χ0) is 17.5. The van der Waals surface area contributed by atoms with Gasteiger partial charge in [-0.15, -0.1) is 0 Å². The van der Waals surface area contributed by atoms with Crippen molar-refractivity contribution in [3.63, 3.8) is 0 Å². The van der Waals surface area contributed by atoms with Gasteiger partial charge in [-0.1, -0.05) is 50.2 Å². The first-order valence-electron chi connectivity index (χ1n) is 8.69. The van der Waals surface area contributed by atoms with E-state index in [1.165, 1.54) is 11.1 Å². The third kappa shape index (κ3) is 4.30. The fourth-order valence-corrected chi connectivity index (χ4v) is 2.98. The minimum absolute atomic E-state index is 0.261. The molecule has 0 fully saturated rings. The van der Waals surface area contributed by atoms with Crippen LogP contribution < -0.4 is 15.2 Å². The highest BCUT2D eigenvalue weighted by Gasteiger charge is 2.16. The zero-order valence-corrected chi connectivity index (χ0v) is 15.2. The van der Waals surface area contributed by atoms with Crippen LogP contribution in [0.25, 0.3) is 0 Å². The maximum absolute atomic E-state index is 6.07. The maximum atomic E-state index is 6.07. The lowest BCUT2D eigenvalue weighted by Gasteiger charge is -2.19. The number of hydrogen-bond acceptors (Lipinski definition) is 3. The van der Waals surface area contributed by atoms with Crippen LogP contribution in [-0.2, 0) is 6.42 Å². The first-order valence-corrected chi connectivity index (χ1v) is 8.69. The van der Waals surface area contributed by atoms with Crippen LogP contribution in [0.2, 0.25) is 0 Å². The van der Waals surface area contributed by atoms with E-state index in [2.05, 4.69) is 44.2 Å². The molecular weight excluding hydrogens is 298 g/mol. The van der Waals surface area contributed by atoms with E-state index in [-0.39, 0.29) is 5.92 Å². The summed E-state index contributed by atoms with van der Waals surface area (Å²) in [7, 11) is 1.69. The molecule has 0 radical (unpaired) electrons. The van der Waals surface area contributed by atoms with E-state index in [9.17, 15) is 0 Å². The van der Waals surface area contributed by atoms with Crippen molar-refractivity contribution in [2.75, 3.05) is 20.3 Å². The number of hydrogen-bond donors (Lipinski definition) is 1. The van der Waals surface area contributed by atoms with E-state index in [0.29, 0.717) is 19.1 Å². The highest BCUT2D eigenvalue weighted by atomic mass is 16.5. The molecular formula is C21H29NO2. The van der Waals surface area contributed by atoms with Crippen molar-refractivity contribution in [3.05, 3.63) is 59.2 Å². The van der Waals surface area contributed by atoms with Crippen LogP contribution >= 0.6 is 0 Å². The first kappa shape index (κ1) is 18.3. The van der Waals surface area contributed by atoms with Crippen LogP contribution in [-0.4, -0.2) is 20.3 Å². The van der Waals surface area contributed by atoms with Gasteiger partial charge in [0.15, 0.2) is 11.5 Å². The Balaban J connectivity index is 2.25. The van der Waals surface area contributed by atoms with Gasteiger partial charge in [0, 0.05) is 5.92 Å². The van der Waals surface area contributed by atoms with Crippen molar-refractivity contribution in [2.45, 2.75) is 39.0 Å². The molecule has 2 aromatic carbocycles. The number of ether oxygens (including phenoxy) is 2. The van der Waals surface area contributed by atoms with Gasteiger partial charge in [0.1, 0.15) is 0 Å². The molecule has 0 heterocycles. The van der Waals surface area contributed by atoms with Crippen LogP contribution in [0, 0.1) is 0 Å². The van der Waals surface area contributed by atoms with Crippen LogP contribution in [0.5, 0.6) is 11.5 Å². The summed E-state index contributed by atoms with van der Waals surface area (Å²) in [4.78, 5) is 0. The molecule has 2 rings (SSSR count). The van der Waals surface area contributed by atoms with Gasteiger partial charge in [-0.05, 0) is 48.6 Å². The van der Waals surface area contributed by atoms with Crippen LogP contribution in [0.3, 0.4) is 0 Å². The summed E-state index contributed by atoms with van der Waals surface area (Å²) in [5.74, 6) is 2.41. The van der Waals surface area contributed by atoms with Gasteiger partial charge in [-0.2, -0.15) is 0 Å². The van der Waals surface area contributed by atoms with Crippen molar-refractivity contribution in [3.8, 4) is 11.5 Å². The third-order valence-corrected chi connectivity index (χ3v) is 4.39. The molecule has 0 aliphatic carbocycles. The van der Waals surface area contributed by atoms with Crippen LogP contribution in [0.4, 0.5) is 0 Å². The molecule has 0 aliphatic rings. The average Bonchev–Trinajstić information content (AvgIpc) is 2.60. The third-order valence-electron chi connectivity index (χ3n) is 4.39. The first-order chi connectivity index (χ1) is 11.6. The lowest BCUT2D eigenvalue weighted by molar-refractivity contribution is 0.309. The molecule has 130 valence electrons. The highest BCUT2D eigenvalue weighted by Crippen LogP contribution is 2.34. The molecule has 0 saturated carbocycles. The average molecular weight is 327 g/mol. The molecule has 2 N–H and O–H groups in total. The number of rotatable bonds is 8. The van der Waals surface area contributed by atoms with E-state index in [1.807, 2.05) is 19.1 Å². The molecule has 0 spiro atoms. The summed E-state index contributed by atoms with van der Waals surface area (Å²) in [6.07, 6.45) is 0.835. The minimum atomic E-state index is 0.261. The second-order valence-electron chi connectivity index (χ2n) is 6.34. The van der Waals surface area contributed by atoms with Crippen molar-refractivity contribution in [1.29, 1.82) is 0 Å². The standard InChI is InChI=1S/C21H29NO2/c1-5-24-20-8-6-7-18(21(20)23-4)13-19(14-22)17-11-9-16(10-12-17)15(2)3/h6-12,15,19H,5,13-14,22H2,1-4H3. The molecule has 3 heteroatoms. The van der Waals surface area contributed by atoms with Crippen molar-refractivity contribution in [1.82, 2.24) is 0 Å². The SMILES string of the molecule is CCOc1cccc(CC(CN)c2ccc(C(C)C)cc2)c1OC. The molecule has 1 atom stereocenters. The largest absolute Gasteiger partial charge is 0.493 e. The summed E-state index contributed by atoms with van der Waals surface area (Å²) in [5, 5.41) is 0. The summed E-state index contributed by atoms with van der Waals surface area (Å²) in [6.45, 7) is 7.62. The predicted octanol–water partition coefficient (Wildman–Crippen LogP) is 4.50. The smallest absolute Gasteiger partial charge is 0.163 e. The Morgan fingerprint density at radius 2 is 1.67 bits per heavy atom. The van der Waals surface area contributed by atoms with Crippen molar-refractivity contribution in [2.24, 2.45) is 5.73 Å². The number of para-hydroxylation sites is 1. The van der Waals surface area contributed by atoms with Gasteiger partial charge in [-0.3, -0.25) is 0 Å². The predicted molar refractivity (Wildman–Crippen MR) is 100 cm³/mol. The van der Waals surface area contributed by atoms with Gasteiger partial charge in [0.2, 0.25) is 0 Å². The van der Waals surface area contributed by atoms with E-state index in [0.717, 1.165) is 23.5 Å². The van der Waals surface area contributed by atoms with Crippen molar-refractivity contribution < 1.29 is 9.47 Å². The molecule has 0 aromatic heterocycles. The molecule has 0 saturated heterocycles. The Bertz CT molecular complexity index is 635. The Labute approximate surface area is 145 Å². The number of nitrogens with two attached hydrogens (primary N) is 1. The highest BCUT2D eigenvalue weighted by molar-refractivity contribution is 5.47. The Hall–Kier alpha value is -2.00. The van der Waals surface area contributed by atoms with Crippen molar-refractivity contribution >= 4 is 0 Å². The van der Waals surface area contributed by atoms with E-state index < -0.39 is 0 Å². The summed E-state index contributed by atoms with van der Waals surface area (Å²) in [6, 6.07) is 14.9. The summed E-state index contributed by atoms with van der Waals surface area (Å²) < 4.78 is 11.3. The molecule has 1 unspecified atom stereocenters. The normalized spacial score (nSPS) is 12.2. The lowest BCUT2D eigenvalue weighted by Crippen LogP contribution is -2.15. The number of methoxy groups -OCH3 is 1. The molecule has 3 nitrogen and oxygen atoms in total. The van der Waals surface area contributed by atoms with E-state index >= 15 is 0 Å². The molecule has 2 aromatic rings. The Morgan fingerprint density at radius 3 is 2.21 bits per heavy atom. The molecule has 0 aliphatic heterocycles. The zero-order valence-electron chi connectivity index (χ0n) is 15.2. The van der Waals surface area contributed by atoms with Crippen LogP contribution in [0.15, 0.2) is 42.5 Å². The van der Waals surface area contributed by atoms with E-state index in [1.54, 1.807) is 7.11 Å². The Morgan fingerprint density at radius 1 is 1.00 bits per heavy atom. The quantitative estimate of drug-likeness (QED) is 0.776. The Kier molecular flexibility index (Phi) is 6.68.